The molecule has 1 heterocycles. The molecule has 2 unspecified atom stereocenters. The fourth-order valence-electron chi connectivity index (χ4n) is 5.20. The van der Waals surface area contributed by atoms with Gasteiger partial charge in [0, 0.05) is 20.6 Å². The largest absolute Gasteiger partial charge is 0.496 e. The summed E-state index contributed by atoms with van der Waals surface area (Å²) in [7, 11) is 3.22. The normalized spacial score (nSPS) is 14.9. The number of nitriles is 1. The molecule has 9 nitrogen and oxygen atoms in total. The highest BCUT2D eigenvalue weighted by molar-refractivity contribution is 9.10. The second-order valence-corrected chi connectivity index (χ2v) is 11.7. The maximum absolute atomic E-state index is 14.5. The number of methoxy groups -OCH3 is 1. The van der Waals surface area contributed by atoms with Gasteiger partial charge in [-0.2, -0.15) is 5.26 Å². The number of anilines is 2. The Morgan fingerprint density at radius 2 is 1.82 bits per heavy atom. The molecule has 2 atom stereocenters. The van der Waals surface area contributed by atoms with Crippen LogP contribution in [0.4, 0.5) is 11.4 Å². The van der Waals surface area contributed by atoms with Crippen molar-refractivity contribution in [2.75, 3.05) is 30.5 Å². The molecular weight excluding hydrogens is 681 g/mol. The van der Waals surface area contributed by atoms with Gasteiger partial charge in [0.05, 0.1) is 49.2 Å². The summed E-state index contributed by atoms with van der Waals surface area (Å²) in [4.78, 5) is 44.6. The fraction of sp³-hybridized carbons (Fsp3) is 0.212. The van der Waals surface area contributed by atoms with Crippen molar-refractivity contribution >= 4 is 79.8 Å². The maximum atomic E-state index is 14.5. The predicted octanol–water partition coefficient (Wildman–Crippen LogP) is 5.84. The molecule has 0 spiro atoms. The van der Waals surface area contributed by atoms with Crippen LogP contribution in [0.3, 0.4) is 0 Å². The molecule has 12 heteroatoms. The van der Waals surface area contributed by atoms with Crippen LogP contribution in [-0.4, -0.2) is 50.5 Å². The quantitative estimate of drug-likeness (QED) is 0.249. The number of fused-ring (bicyclic) bond motifs is 2. The zero-order valence-corrected chi connectivity index (χ0v) is 27.8. The lowest BCUT2D eigenvalue weighted by Crippen LogP contribution is -2.55. The van der Waals surface area contributed by atoms with Gasteiger partial charge in [0.1, 0.15) is 11.8 Å². The van der Waals surface area contributed by atoms with Gasteiger partial charge in [-0.25, -0.2) is 0 Å². The van der Waals surface area contributed by atoms with Gasteiger partial charge in [-0.15, -0.1) is 12.4 Å². The smallest absolute Gasteiger partial charge is 0.258 e. The Morgan fingerprint density at radius 1 is 1.09 bits per heavy atom. The number of carbonyl (C=O) groups excluding carboxylic acids is 3. The number of nitrogens with zero attached hydrogens (tertiary/aromatic N) is 3. The third-order valence-electron chi connectivity index (χ3n) is 7.68. The Morgan fingerprint density at radius 3 is 2.49 bits per heavy atom. The van der Waals surface area contributed by atoms with Crippen molar-refractivity contribution in [3.8, 4) is 11.8 Å². The molecule has 1 aliphatic heterocycles. The third kappa shape index (κ3) is 6.92. The second-order valence-electron chi connectivity index (χ2n) is 10.3. The fourth-order valence-corrected chi connectivity index (χ4v) is 5.74. The number of rotatable bonds is 7. The lowest BCUT2D eigenvalue weighted by molar-refractivity contribution is -0.128. The van der Waals surface area contributed by atoms with E-state index in [4.69, 9.17) is 16.3 Å². The van der Waals surface area contributed by atoms with Crippen molar-refractivity contribution in [3.63, 3.8) is 0 Å². The maximum Gasteiger partial charge on any atom is 0.258 e. The summed E-state index contributed by atoms with van der Waals surface area (Å²) in [6, 6.07) is 21.2. The number of likely N-dealkylation sites (N-methyl/N-ethyl adjacent to an activating group) is 1. The molecule has 4 aromatic carbocycles. The molecule has 1 aliphatic rings. The van der Waals surface area contributed by atoms with Crippen LogP contribution in [0.15, 0.2) is 77.3 Å². The summed E-state index contributed by atoms with van der Waals surface area (Å²) in [5.74, 6) is -0.631. The van der Waals surface area contributed by atoms with E-state index in [0.29, 0.717) is 33.3 Å². The van der Waals surface area contributed by atoms with E-state index in [1.165, 1.54) is 4.90 Å². The SMILES string of the molecule is CNC(C)C(=O)NC1CN(C(=O)c2ccc(C#N)cc2)c2cc(Cl)ccc2N(Cc2c(OC)ccc3cc(Br)ccc23)C1=O.Cl. The van der Waals surface area contributed by atoms with Gasteiger partial charge < -0.3 is 25.2 Å². The number of carbonyl (C=O) groups is 3. The van der Waals surface area contributed by atoms with Crippen molar-refractivity contribution in [1.82, 2.24) is 10.6 Å². The van der Waals surface area contributed by atoms with E-state index in [1.807, 2.05) is 30.3 Å². The predicted molar refractivity (Wildman–Crippen MR) is 181 cm³/mol. The molecule has 2 N–H and O–H groups in total. The first-order valence-corrected chi connectivity index (χ1v) is 15.0. The first-order valence-electron chi connectivity index (χ1n) is 13.8. The molecule has 0 aliphatic carbocycles. The molecule has 0 aromatic heterocycles. The summed E-state index contributed by atoms with van der Waals surface area (Å²) in [6.45, 7) is 1.62. The number of halogens is 3. The van der Waals surface area contributed by atoms with Gasteiger partial charge in [-0.3, -0.25) is 14.4 Å². The van der Waals surface area contributed by atoms with Gasteiger partial charge in [-0.1, -0.05) is 39.7 Å². The van der Waals surface area contributed by atoms with Gasteiger partial charge in [0.15, 0.2) is 0 Å². The first-order chi connectivity index (χ1) is 21.1. The van der Waals surface area contributed by atoms with Gasteiger partial charge in [0.25, 0.3) is 11.8 Å². The monoisotopic (exact) mass is 709 g/mol. The number of benzene rings is 4. The van der Waals surface area contributed by atoms with Crippen molar-refractivity contribution in [1.29, 1.82) is 5.26 Å². The van der Waals surface area contributed by atoms with Crippen molar-refractivity contribution < 1.29 is 19.1 Å². The van der Waals surface area contributed by atoms with Gasteiger partial charge in [-0.05, 0) is 85.4 Å². The van der Waals surface area contributed by atoms with Crippen LogP contribution in [0.1, 0.15) is 28.4 Å². The number of hydrogen-bond donors (Lipinski definition) is 2. The molecule has 0 fully saturated rings. The minimum atomic E-state index is -1.10. The lowest BCUT2D eigenvalue weighted by atomic mass is 10.0. The van der Waals surface area contributed by atoms with Crippen molar-refractivity contribution in [2.45, 2.75) is 25.6 Å². The average molecular weight is 711 g/mol. The summed E-state index contributed by atoms with van der Waals surface area (Å²) in [5, 5.41) is 17.2. The molecule has 0 saturated carbocycles. The molecule has 0 saturated heterocycles. The molecule has 0 radical (unpaired) electrons. The molecule has 3 amide bonds. The molecule has 0 bridgehead atoms. The zero-order valence-electron chi connectivity index (χ0n) is 24.6. The highest BCUT2D eigenvalue weighted by Gasteiger charge is 2.38. The van der Waals surface area contributed by atoms with E-state index >= 15 is 0 Å². The van der Waals surface area contributed by atoms with E-state index in [9.17, 15) is 19.6 Å². The molecule has 45 heavy (non-hydrogen) atoms. The number of amides is 3. The Labute approximate surface area is 280 Å². The zero-order chi connectivity index (χ0) is 31.5. The number of ether oxygens (including phenoxy) is 1. The number of nitrogens with one attached hydrogen (secondary N) is 2. The minimum absolute atomic E-state index is 0. The summed E-state index contributed by atoms with van der Waals surface area (Å²) in [6.07, 6.45) is 0. The minimum Gasteiger partial charge on any atom is -0.496 e. The standard InChI is InChI=1S/C33H29BrClN5O4.ClH/c1-19(37-2)31(41)38-27-18-40(32(42)21-6-4-20(16-36)5-7-21)29-15-24(35)10-12-28(29)39(33(27)43)17-26-25-11-9-23(34)14-22(25)8-13-30(26)44-3;/h4-15,19,27,37H,17-18H2,1-3H3,(H,38,41);1H. The van der Waals surface area contributed by atoms with Gasteiger partial charge >= 0.3 is 0 Å². The van der Waals surface area contributed by atoms with Crippen LogP contribution >= 0.6 is 39.9 Å². The molecular formula is C33H30BrCl2N5O4. The summed E-state index contributed by atoms with van der Waals surface area (Å²) in [5.41, 5.74) is 2.32. The van der Waals surface area contributed by atoms with E-state index in [2.05, 4.69) is 32.6 Å². The third-order valence-corrected chi connectivity index (χ3v) is 8.41. The Hall–Kier alpha value is -4.14. The van der Waals surface area contributed by atoms with Gasteiger partial charge in [0.2, 0.25) is 5.91 Å². The van der Waals surface area contributed by atoms with Crippen LogP contribution in [0.5, 0.6) is 5.75 Å². The van der Waals surface area contributed by atoms with Crippen molar-refractivity contribution in [3.05, 3.63) is 99.0 Å². The molecule has 232 valence electrons. The highest BCUT2D eigenvalue weighted by atomic mass is 79.9. The lowest BCUT2D eigenvalue weighted by Gasteiger charge is -2.27. The first kappa shape index (κ1) is 33.7. The van der Waals surface area contributed by atoms with Crippen LogP contribution in [-0.2, 0) is 16.1 Å². The second kappa shape index (κ2) is 14.3. The topological polar surface area (TPSA) is 115 Å². The van der Waals surface area contributed by atoms with E-state index in [0.717, 1.165) is 20.8 Å². The average Bonchev–Trinajstić information content (AvgIpc) is 3.14. The van der Waals surface area contributed by atoms with E-state index in [-0.39, 0.29) is 25.5 Å². The molecule has 5 rings (SSSR count). The van der Waals surface area contributed by atoms with Crippen LogP contribution in [0, 0.1) is 11.3 Å². The van der Waals surface area contributed by atoms with Crippen LogP contribution < -0.4 is 25.2 Å². The summed E-state index contributed by atoms with van der Waals surface area (Å²) < 4.78 is 6.64. The Kier molecular flexibility index (Phi) is 10.7. The van der Waals surface area contributed by atoms with E-state index < -0.39 is 29.8 Å². The Bertz CT molecular complexity index is 1810. The molecule has 4 aromatic rings. The Balaban J connectivity index is 0.00000461. The highest BCUT2D eigenvalue weighted by Crippen LogP contribution is 2.39. The van der Waals surface area contributed by atoms with E-state index in [1.54, 1.807) is 68.4 Å². The van der Waals surface area contributed by atoms with Crippen molar-refractivity contribution in [2.24, 2.45) is 0 Å². The summed E-state index contributed by atoms with van der Waals surface area (Å²) >= 11 is 10.00. The van der Waals surface area contributed by atoms with Crippen LogP contribution in [0.2, 0.25) is 5.02 Å². The number of hydrogen-bond acceptors (Lipinski definition) is 6. The van der Waals surface area contributed by atoms with Crippen LogP contribution in [0.25, 0.3) is 10.8 Å².